The first kappa shape index (κ1) is 31.7. The van der Waals surface area contributed by atoms with Crippen LogP contribution >= 0.6 is 15.0 Å². The van der Waals surface area contributed by atoms with Gasteiger partial charge in [-0.15, -0.1) is 0 Å². The van der Waals surface area contributed by atoms with Crippen LogP contribution in [0.3, 0.4) is 0 Å². The van der Waals surface area contributed by atoms with Crippen molar-refractivity contribution in [1.82, 2.24) is 0 Å². The standard InChI is InChI=1S/C21H38O12P2/c1-9-27-34(25,12-35(26,32-13(2)3)33-14(4)5)11-10-18-19(28-15(6)22)20(29-16(7)23)21(31-18)30-17(8)24/h13-14,18-21H,9-12H2,1-8H3/t18-,19-,20-,21?,34?/m1/s1. The lowest BCUT2D eigenvalue weighted by molar-refractivity contribution is -0.195. The molecule has 1 heterocycles. The quantitative estimate of drug-likeness (QED) is 0.178. The van der Waals surface area contributed by atoms with Gasteiger partial charge in [0.2, 0.25) is 19.8 Å². The van der Waals surface area contributed by atoms with Gasteiger partial charge in [0.1, 0.15) is 12.0 Å². The Balaban J connectivity index is 3.18. The number of esters is 3. The maximum Gasteiger partial charge on any atom is 0.340 e. The first-order valence-corrected chi connectivity index (χ1v) is 15.2. The van der Waals surface area contributed by atoms with Gasteiger partial charge in [-0.2, -0.15) is 0 Å². The van der Waals surface area contributed by atoms with E-state index >= 15 is 0 Å². The van der Waals surface area contributed by atoms with Crippen molar-refractivity contribution in [3.05, 3.63) is 0 Å². The molecule has 0 aromatic rings. The van der Waals surface area contributed by atoms with Crippen LogP contribution < -0.4 is 0 Å². The van der Waals surface area contributed by atoms with Gasteiger partial charge in [-0.3, -0.25) is 23.5 Å². The molecule has 1 saturated heterocycles. The van der Waals surface area contributed by atoms with Crippen molar-refractivity contribution < 1.29 is 56.0 Å². The summed E-state index contributed by atoms with van der Waals surface area (Å²) in [7, 11) is -7.41. The average Bonchev–Trinajstić information content (AvgIpc) is 2.93. The molecule has 1 rings (SSSR count). The Morgan fingerprint density at radius 3 is 1.74 bits per heavy atom. The number of carbonyl (C=O) groups excluding carboxylic acids is 3. The molecule has 1 aliphatic rings. The molecule has 14 heteroatoms. The molecule has 0 aromatic heterocycles. The summed E-state index contributed by atoms with van der Waals surface area (Å²) in [5.74, 6) is -2.55. The van der Waals surface area contributed by atoms with Gasteiger partial charge in [0, 0.05) is 26.9 Å². The third-order valence-electron chi connectivity index (χ3n) is 4.40. The number of hydrogen-bond acceptors (Lipinski definition) is 12. The topological polar surface area (TPSA) is 150 Å². The molecule has 204 valence electrons. The van der Waals surface area contributed by atoms with Crippen molar-refractivity contribution in [3.63, 3.8) is 0 Å². The Morgan fingerprint density at radius 2 is 1.31 bits per heavy atom. The summed E-state index contributed by atoms with van der Waals surface area (Å²) in [6.07, 6.45) is -5.72. The second kappa shape index (κ2) is 13.9. The third kappa shape index (κ3) is 11.1. The molecular formula is C21H38O12P2. The zero-order chi connectivity index (χ0) is 27.0. The van der Waals surface area contributed by atoms with E-state index in [2.05, 4.69) is 0 Å². The molecule has 1 fully saturated rings. The van der Waals surface area contributed by atoms with Crippen molar-refractivity contribution in [1.29, 1.82) is 0 Å². The molecule has 0 aromatic carbocycles. The fourth-order valence-electron chi connectivity index (χ4n) is 3.57. The molecule has 35 heavy (non-hydrogen) atoms. The van der Waals surface area contributed by atoms with Crippen molar-refractivity contribution in [2.45, 2.75) is 98.6 Å². The maximum absolute atomic E-state index is 13.7. The van der Waals surface area contributed by atoms with E-state index in [9.17, 15) is 23.5 Å². The average molecular weight is 544 g/mol. The lowest BCUT2D eigenvalue weighted by Gasteiger charge is -2.28. The molecule has 0 radical (unpaired) electrons. The van der Waals surface area contributed by atoms with E-state index < -0.39 is 75.6 Å². The predicted octanol–water partition coefficient (Wildman–Crippen LogP) is 3.84. The van der Waals surface area contributed by atoms with Crippen LogP contribution in [-0.2, 0) is 56.0 Å². The summed E-state index contributed by atoms with van der Waals surface area (Å²) in [4.78, 5) is 34.9. The molecule has 0 amide bonds. The number of carbonyl (C=O) groups is 3. The third-order valence-corrected chi connectivity index (χ3v) is 10.7. The van der Waals surface area contributed by atoms with Gasteiger partial charge >= 0.3 is 25.5 Å². The minimum atomic E-state index is -3.80. The molecule has 0 aliphatic carbocycles. The van der Waals surface area contributed by atoms with E-state index in [1.54, 1.807) is 34.6 Å². The molecule has 0 spiro atoms. The SMILES string of the molecule is CCOP(=O)(CC[C@H]1OC(OC(C)=O)[C@H](OC(C)=O)[C@@H]1OC(C)=O)CP(=O)(OC(C)C)OC(C)C. The van der Waals surface area contributed by atoms with Crippen LogP contribution in [-0.4, -0.2) is 73.4 Å². The lowest BCUT2D eigenvalue weighted by atomic mass is 10.1. The Bertz CT molecular complexity index is 813. The van der Waals surface area contributed by atoms with E-state index in [1.807, 2.05) is 0 Å². The van der Waals surface area contributed by atoms with Gasteiger partial charge in [-0.25, -0.2) is 0 Å². The fraction of sp³-hybridized carbons (Fsp3) is 0.857. The summed E-state index contributed by atoms with van der Waals surface area (Å²) >= 11 is 0. The normalized spacial score (nSPS) is 24.3. The Morgan fingerprint density at radius 1 is 0.829 bits per heavy atom. The zero-order valence-electron chi connectivity index (χ0n) is 21.6. The monoisotopic (exact) mass is 544 g/mol. The minimum absolute atomic E-state index is 0.0197. The highest BCUT2D eigenvalue weighted by molar-refractivity contribution is 7.73. The maximum atomic E-state index is 13.7. The molecule has 12 nitrogen and oxygen atoms in total. The van der Waals surface area contributed by atoms with E-state index in [1.165, 1.54) is 0 Å². The molecule has 2 unspecified atom stereocenters. The second-order valence-corrected chi connectivity index (χ2v) is 13.7. The smallest absolute Gasteiger partial charge is 0.340 e. The van der Waals surface area contributed by atoms with Crippen molar-refractivity contribution in [2.24, 2.45) is 0 Å². The Hall–Kier alpha value is -1.29. The van der Waals surface area contributed by atoms with Gasteiger partial charge in [0.05, 0.1) is 18.8 Å². The highest BCUT2D eigenvalue weighted by Crippen LogP contribution is 2.64. The van der Waals surface area contributed by atoms with Crippen molar-refractivity contribution in [3.8, 4) is 0 Å². The number of hydrogen-bond donors (Lipinski definition) is 0. The minimum Gasteiger partial charge on any atom is -0.456 e. The molecule has 0 bridgehead atoms. The molecule has 1 aliphatic heterocycles. The van der Waals surface area contributed by atoms with Gasteiger partial charge < -0.3 is 32.5 Å². The molecule has 0 saturated carbocycles. The second-order valence-electron chi connectivity index (χ2n) is 8.61. The number of rotatable bonds is 14. The van der Waals surface area contributed by atoms with E-state index in [0.717, 1.165) is 20.8 Å². The first-order valence-electron chi connectivity index (χ1n) is 11.4. The molecular weight excluding hydrogens is 506 g/mol. The van der Waals surface area contributed by atoms with Crippen LogP contribution in [0.25, 0.3) is 0 Å². The van der Waals surface area contributed by atoms with E-state index in [0.29, 0.717) is 0 Å². The van der Waals surface area contributed by atoms with E-state index in [-0.39, 0.29) is 19.2 Å². The summed E-state index contributed by atoms with van der Waals surface area (Å²) < 4.78 is 65.0. The van der Waals surface area contributed by atoms with Gasteiger partial charge in [-0.1, -0.05) is 0 Å². The zero-order valence-corrected chi connectivity index (χ0v) is 23.4. The highest BCUT2D eigenvalue weighted by Gasteiger charge is 2.51. The summed E-state index contributed by atoms with van der Waals surface area (Å²) in [5.41, 5.74) is 0. The van der Waals surface area contributed by atoms with Crippen LogP contribution in [0.2, 0.25) is 0 Å². The van der Waals surface area contributed by atoms with Crippen molar-refractivity contribution in [2.75, 3.05) is 18.7 Å². The molecule has 5 atom stereocenters. The summed E-state index contributed by atoms with van der Waals surface area (Å²) in [5, 5.41) is 0. The van der Waals surface area contributed by atoms with Crippen LogP contribution in [0.5, 0.6) is 0 Å². The van der Waals surface area contributed by atoms with Gasteiger partial charge in [-0.05, 0) is 41.0 Å². The predicted molar refractivity (Wildman–Crippen MR) is 125 cm³/mol. The van der Waals surface area contributed by atoms with Crippen LogP contribution in [0.1, 0.15) is 61.8 Å². The van der Waals surface area contributed by atoms with Gasteiger partial charge in [0.25, 0.3) is 0 Å². The Kier molecular flexibility index (Phi) is 12.6. The van der Waals surface area contributed by atoms with Gasteiger partial charge in [0.15, 0.2) is 6.10 Å². The van der Waals surface area contributed by atoms with E-state index in [4.69, 9.17) is 32.5 Å². The van der Waals surface area contributed by atoms with Crippen LogP contribution in [0.4, 0.5) is 0 Å². The fourth-order valence-corrected chi connectivity index (χ4v) is 9.69. The van der Waals surface area contributed by atoms with Crippen molar-refractivity contribution >= 4 is 32.9 Å². The first-order chi connectivity index (χ1) is 16.1. The molecule has 0 N–H and O–H groups in total. The lowest BCUT2D eigenvalue weighted by Crippen LogP contribution is -2.41. The largest absolute Gasteiger partial charge is 0.456 e. The van der Waals surface area contributed by atoms with Crippen LogP contribution in [0, 0.1) is 0 Å². The van der Waals surface area contributed by atoms with Crippen LogP contribution in [0.15, 0.2) is 0 Å². The highest BCUT2D eigenvalue weighted by atomic mass is 31.2. The summed E-state index contributed by atoms with van der Waals surface area (Å²) in [6.45, 7) is 11.9. The number of ether oxygens (including phenoxy) is 4. The Labute approximate surface area is 206 Å². The summed E-state index contributed by atoms with van der Waals surface area (Å²) in [6, 6.07) is 0.